The summed E-state index contributed by atoms with van der Waals surface area (Å²) in [4.78, 5) is 15.6. The van der Waals surface area contributed by atoms with Gasteiger partial charge in [0.25, 0.3) is 0 Å². The van der Waals surface area contributed by atoms with E-state index in [0.717, 1.165) is 12.1 Å². The molecule has 0 fully saturated rings. The molecule has 0 amide bonds. The number of carboxylic acid groups (broad SMARTS) is 1. The molecule has 4 nitrogen and oxygen atoms in total. The molecule has 0 aliphatic heterocycles. The molecule has 0 saturated carbocycles. The maximum absolute atomic E-state index is 13.5. The van der Waals surface area contributed by atoms with Crippen LogP contribution in [0.5, 0.6) is 5.75 Å². The summed E-state index contributed by atoms with van der Waals surface area (Å²) in [5.74, 6) is -1.25. The van der Waals surface area contributed by atoms with Crippen LogP contribution in [-0.4, -0.2) is 16.1 Å². The molecule has 1 N–H and O–H groups in total. The third kappa shape index (κ3) is 5.05. The van der Waals surface area contributed by atoms with Gasteiger partial charge in [-0.3, -0.25) is 4.98 Å². The number of benzene rings is 2. The first-order chi connectivity index (χ1) is 15.7. The standard InChI is InChI=1S/C25H19F4NO3/c26-18-7-4-15(5-8-18)14-33-23-9-6-17(25(27,28)29)13-21(23)19-2-1-3-20(19)22-12-16(24(31)32)10-11-30-22/h4-13H,1-3,14H2,(H,31,32). The highest BCUT2D eigenvalue weighted by Crippen LogP contribution is 2.44. The lowest BCUT2D eigenvalue weighted by Gasteiger charge is -2.17. The van der Waals surface area contributed by atoms with Gasteiger partial charge in [0.1, 0.15) is 18.2 Å². The Bertz CT molecular complexity index is 1220. The van der Waals surface area contributed by atoms with Crippen molar-refractivity contribution in [1.29, 1.82) is 0 Å². The fraction of sp³-hybridized carbons (Fsp3) is 0.200. The zero-order valence-electron chi connectivity index (χ0n) is 17.3. The molecule has 4 rings (SSSR count). The summed E-state index contributed by atoms with van der Waals surface area (Å²) in [7, 11) is 0. The molecule has 0 bridgehead atoms. The number of halogens is 4. The largest absolute Gasteiger partial charge is 0.488 e. The van der Waals surface area contributed by atoms with Gasteiger partial charge < -0.3 is 9.84 Å². The number of alkyl halides is 3. The van der Waals surface area contributed by atoms with E-state index in [1.807, 2.05) is 0 Å². The highest BCUT2D eigenvalue weighted by molar-refractivity contribution is 5.95. The van der Waals surface area contributed by atoms with Crippen molar-refractivity contribution in [2.75, 3.05) is 0 Å². The van der Waals surface area contributed by atoms with Crippen molar-refractivity contribution >= 4 is 17.1 Å². The molecule has 0 radical (unpaired) electrons. The minimum Gasteiger partial charge on any atom is -0.488 e. The van der Waals surface area contributed by atoms with Gasteiger partial charge in [0, 0.05) is 11.8 Å². The predicted molar refractivity (Wildman–Crippen MR) is 114 cm³/mol. The lowest BCUT2D eigenvalue weighted by atomic mass is 9.96. The van der Waals surface area contributed by atoms with Crippen LogP contribution < -0.4 is 4.74 Å². The van der Waals surface area contributed by atoms with Gasteiger partial charge in [-0.25, -0.2) is 9.18 Å². The Labute approximate surface area is 187 Å². The van der Waals surface area contributed by atoms with Crippen LogP contribution in [0.2, 0.25) is 0 Å². The Morgan fingerprint density at radius 2 is 1.73 bits per heavy atom. The average molecular weight is 457 g/mol. The third-order valence-corrected chi connectivity index (χ3v) is 5.47. The number of carboxylic acids is 1. The second-order valence-corrected chi connectivity index (χ2v) is 7.67. The Kier molecular flexibility index (Phi) is 6.18. The van der Waals surface area contributed by atoms with Crippen molar-refractivity contribution in [3.63, 3.8) is 0 Å². The summed E-state index contributed by atoms with van der Waals surface area (Å²) in [6, 6.07) is 11.7. The maximum Gasteiger partial charge on any atom is 0.416 e. The first-order valence-electron chi connectivity index (χ1n) is 10.2. The van der Waals surface area contributed by atoms with Crippen molar-refractivity contribution in [2.45, 2.75) is 32.0 Å². The highest BCUT2D eigenvalue weighted by atomic mass is 19.4. The lowest BCUT2D eigenvalue weighted by molar-refractivity contribution is -0.137. The van der Waals surface area contributed by atoms with Crippen LogP contribution in [0.15, 0.2) is 60.8 Å². The molecule has 1 heterocycles. The molecule has 0 atom stereocenters. The van der Waals surface area contributed by atoms with Gasteiger partial charge in [0.05, 0.1) is 16.8 Å². The van der Waals surface area contributed by atoms with Crippen LogP contribution in [0.3, 0.4) is 0 Å². The van der Waals surface area contributed by atoms with E-state index in [1.165, 1.54) is 36.5 Å². The van der Waals surface area contributed by atoms with Crippen LogP contribution in [0.1, 0.15) is 52.0 Å². The average Bonchev–Trinajstić information content (AvgIpc) is 3.28. The summed E-state index contributed by atoms with van der Waals surface area (Å²) in [6.07, 6.45) is -1.41. The van der Waals surface area contributed by atoms with Gasteiger partial charge in [-0.15, -0.1) is 0 Å². The third-order valence-electron chi connectivity index (χ3n) is 5.47. The Morgan fingerprint density at radius 3 is 2.42 bits per heavy atom. The second-order valence-electron chi connectivity index (χ2n) is 7.67. The molecular formula is C25H19F4NO3. The molecule has 8 heteroatoms. The minimum atomic E-state index is -4.54. The molecule has 2 aromatic carbocycles. The maximum atomic E-state index is 13.5. The number of rotatable bonds is 6. The van der Waals surface area contributed by atoms with E-state index in [1.54, 1.807) is 12.1 Å². The summed E-state index contributed by atoms with van der Waals surface area (Å²) < 4.78 is 59.4. The van der Waals surface area contributed by atoms with Crippen molar-refractivity contribution in [3.8, 4) is 5.75 Å². The molecule has 1 aromatic heterocycles. The SMILES string of the molecule is O=C(O)c1ccnc(C2=C(c3cc(C(F)(F)F)ccc3OCc3ccc(F)cc3)CCC2)c1. The van der Waals surface area contributed by atoms with Gasteiger partial charge in [-0.2, -0.15) is 13.2 Å². The van der Waals surface area contributed by atoms with Crippen molar-refractivity contribution < 1.29 is 32.2 Å². The van der Waals surface area contributed by atoms with E-state index in [4.69, 9.17) is 4.74 Å². The zero-order chi connectivity index (χ0) is 23.6. The predicted octanol–water partition coefficient (Wildman–Crippen LogP) is 6.61. The number of nitrogens with zero attached hydrogens (tertiary/aromatic N) is 1. The molecular weight excluding hydrogens is 438 g/mol. The molecule has 3 aromatic rings. The van der Waals surface area contributed by atoms with E-state index in [-0.39, 0.29) is 17.9 Å². The van der Waals surface area contributed by atoms with Crippen molar-refractivity contribution in [3.05, 3.63) is 94.6 Å². The van der Waals surface area contributed by atoms with Gasteiger partial charge in [-0.05, 0) is 78.4 Å². The van der Waals surface area contributed by atoms with Crippen LogP contribution in [0.25, 0.3) is 11.1 Å². The Morgan fingerprint density at radius 1 is 1.00 bits per heavy atom. The van der Waals surface area contributed by atoms with E-state index in [9.17, 15) is 27.5 Å². The number of carbonyl (C=O) groups is 1. The number of pyridine rings is 1. The van der Waals surface area contributed by atoms with Crippen LogP contribution >= 0.6 is 0 Å². The van der Waals surface area contributed by atoms with Gasteiger partial charge >= 0.3 is 12.1 Å². The number of ether oxygens (including phenoxy) is 1. The summed E-state index contributed by atoms with van der Waals surface area (Å²) >= 11 is 0. The highest BCUT2D eigenvalue weighted by Gasteiger charge is 2.32. The molecule has 1 aliphatic rings. The van der Waals surface area contributed by atoms with Crippen molar-refractivity contribution in [1.82, 2.24) is 4.98 Å². The normalized spacial score (nSPS) is 13.9. The zero-order valence-corrected chi connectivity index (χ0v) is 17.3. The smallest absolute Gasteiger partial charge is 0.416 e. The molecule has 0 unspecified atom stereocenters. The van der Waals surface area contributed by atoms with Crippen LogP contribution in [-0.2, 0) is 12.8 Å². The molecule has 33 heavy (non-hydrogen) atoms. The van der Waals surface area contributed by atoms with Gasteiger partial charge in [0.15, 0.2) is 0 Å². The summed E-state index contributed by atoms with van der Waals surface area (Å²) in [6.45, 7) is 0.0496. The second kappa shape index (κ2) is 9.05. The van der Waals surface area contributed by atoms with E-state index < -0.39 is 23.5 Å². The number of aromatic nitrogens is 1. The number of hydrogen-bond acceptors (Lipinski definition) is 3. The fourth-order valence-electron chi connectivity index (χ4n) is 3.86. The Hall–Kier alpha value is -3.68. The molecule has 170 valence electrons. The number of allylic oxidation sites excluding steroid dienone is 2. The lowest BCUT2D eigenvalue weighted by Crippen LogP contribution is -2.07. The van der Waals surface area contributed by atoms with Crippen LogP contribution in [0, 0.1) is 5.82 Å². The van der Waals surface area contributed by atoms with Crippen molar-refractivity contribution in [2.24, 2.45) is 0 Å². The van der Waals surface area contributed by atoms with E-state index in [0.29, 0.717) is 47.2 Å². The molecule has 0 saturated heterocycles. The monoisotopic (exact) mass is 457 g/mol. The molecule has 1 aliphatic carbocycles. The number of hydrogen-bond donors (Lipinski definition) is 1. The summed E-state index contributed by atoms with van der Waals surface area (Å²) in [5, 5.41) is 9.29. The summed E-state index contributed by atoms with van der Waals surface area (Å²) in [5.41, 5.74) is 1.97. The molecule has 0 spiro atoms. The van der Waals surface area contributed by atoms with Gasteiger partial charge in [-0.1, -0.05) is 12.1 Å². The first kappa shape index (κ1) is 22.5. The first-order valence-corrected chi connectivity index (χ1v) is 10.2. The topological polar surface area (TPSA) is 59.4 Å². The van der Waals surface area contributed by atoms with Crippen LogP contribution in [0.4, 0.5) is 17.6 Å². The van der Waals surface area contributed by atoms with Gasteiger partial charge in [0.2, 0.25) is 0 Å². The minimum absolute atomic E-state index is 0.0496. The Balaban J connectivity index is 1.77. The fourth-order valence-corrected chi connectivity index (χ4v) is 3.86. The number of aromatic carboxylic acids is 1. The van der Waals surface area contributed by atoms with E-state index in [2.05, 4.69) is 4.98 Å². The quantitative estimate of drug-likeness (QED) is 0.423. The van der Waals surface area contributed by atoms with E-state index >= 15 is 0 Å².